The molecule has 0 radical (unpaired) electrons. The second kappa shape index (κ2) is 7.98. The maximum Gasteiger partial charge on any atom is 0.417 e. The molecule has 2 aromatic heterocycles. The minimum atomic E-state index is -4.66. The molecular weight excluding hydrogens is 451 g/mol. The molecule has 0 saturated heterocycles. The molecule has 1 amide bonds. The molecule has 3 aromatic rings. The third-order valence-electron chi connectivity index (χ3n) is 3.63. The highest BCUT2D eigenvalue weighted by Gasteiger charge is 2.33. The van der Waals surface area contributed by atoms with E-state index in [0.717, 1.165) is 41.3 Å². The van der Waals surface area contributed by atoms with Crippen molar-refractivity contribution in [3.63, 3.8) is 0 Å². The fourth-order valence-corrected chi connectivity index (χ4v) is 4.78. The molecule has 0 aliphatic rings. The number of benzene rings is 1. The van der Waals surface area contributed by atoms with E-state index in [1.807, 2.05) is 6.07 Å². The van der Waals surface area contributed by atoms with Crippen molar-refractivity contribution in [1.29, 1.82) is 5.26 Å². The van der Waals surface area contributed by atoms with Crippen LogP contribution in [0, 0.1) is 11.3 Å². The third kappa shape index (κ3) is 4.50. The minimum Gasteiger partial charge on any atom is -0.506 e. The molecule has 0 aliphatic carbocycles. The highest BCUT2D eigenvalue weighted by molar-refractivity contribution is 8.02. The molecule has 0 aliphatic heterocycles. The lowest BCUT2D eigenvalue weighted by Crippen LogP contribution is -2.15. The zero-order valence-electron chi connectivity index (χ0n) is 14.1. The van der Waals surface area contributed by atoms with Gasteiger partial charge in [-0.05, 0) is 18.2 Å². The maximum absolute atomic E-state index is 12.9. The van der Waals surface area contributed by atoms with Crippen molar-refractivity contribution in [2.75, 3.05) is 11.1 Å². The van der Waals surface area contributed by atoms with Gasteiger partial charge in [0.1, 0.15) is 17.4 Å². The number of anilines is 1. The fraction of sp³-hybridized carbons (Fsp3) is 0.118. The first-order valence-corrected chi connectivity index (χ1v) is 9.86. The zero-order chi connectivity index (χ0) is 21.3. The van der Waals surface area contributed by atoms with Gasteiger partial charge < -0.3 is 15.4 Å². The van der Waals surface area contributed by atoms with Gasteiger partial charge in [-0.15, -0.1) is 23.1 Å². The average Bonchev–Trinajstić information content (AvgIpc) is 2.98. The van der Waals surface area contributed by atoms with Gasteiger partial charge in [0.05, 0.1) is 30.8 Å². The van der Waals surface area contributed by atoms with Crippen LogP contribution in [-0.2, 0) is 11.0 Å². The number of aromatic amines is 1. The summed E-state index contributed by atoms with van der Waals surface area (Å²) in [4.78, 5) is 26.1. The summed E-state index contributed by atoms with van der Waals surface area (Å²) in [7, 11) is 0. The topological polar surface area (TPSA) is 106 Å². The van der Waals surface area contributed by atoms with Crippen LogP contribution >= 0.6 is 34.7 Å². The number of H-pyrrole nitrogens is 1. The number of alkyl halides is 3. The lowest BCUT2D eigenvalue weighted by Gasteiger charge is -2.11. The molecule has 1 aromatic carbocycles. The lowest BCUT2D eigenvalue weighted by molar-refractivity contribution is -0.137. The van der Waals surface area contributed by atoms with E-state index in [1.54, 1.807) is 0 Å². The molecule has 2 heterocycles. The van der Waals surface area contributed by atoms with Crippen molar-refractivity contribution < 1.29 is 23.1 Å². The van der Waals surface area contributed by atoms with Crippen LogP contribution in [0.4, 0.5) is 18.9 Å². The molecule has 3 N–H and O–H groups in total. The first kappa shape index (κ1) is 21.0. The van der Waals surface area contributed by atoms with Crippen molar-refractivity contribution in [1.82, 2.24) is 4.98 Å². The van der Waals surface area contributed by atoms with E-state index >= 15 is 0 Å². The van der Waals surface area contributed by atoms with Gasteiger partial charge in [0, 0.05) is 11.8 Å². The number of nitrogens with one attached hydrogen (secondary N) is 2. The zero-order valence-corrected chi connectivity index (χ0v) is 16.4. The van der Waals surface area contributed by atoms with Crippen LogP contribution < -0.4 is 10.9 Å². The van der Waals surface area contributed by atoms with E-state index in [9.17, 15) is 33.1 Å². The number of amides is 1. The number of rotatable bonds is 4. The lowest BCUT2D eigenvalue weighted by atomic mass is 10.2. The SMILES string of the molecule is N#Cc1c(SCC(=O)Nc2ccc(Cl)c(C(F)(F)F)c2)sc2c(O)cc(=O)[nH]c12. The van der Waals surface area contributed by atoms with Crippen LogP contribution in [0.15, 0.2) is 33.3 Å². The normalized spacial score (nSPS) is 11.4. The van der Waals surface area contributed by atoms with Crippen molar-refractivity contribution in [3.8, 4) is 11.8 Å². The monoisotopic (exact) mass is 459 g/mol. The summed E-state index contributed by atoms with van der Waals surface area (Å²) in [6.45, 7) is 0. The molecule has 0 fully saturated rings. The summed E-state index contributed by atoms with van der Waals surface area (Å²) in [5, 5.41) is 21.1. The van der Waals surface area contributed by atoms with Crippen molar-refractivity contribution >= 4 is 56.5 Å². The molecule has 0 atom stereocenters. The molecule has 0 spiro atoms. The minimum absolute atomic E-state index is 0.0776. The number of hydrogen-bond acceptors (Lipinski definition) is 6. The number of aromatic hydroxyl groups is 1. The van der Waals surface area contributed by atoms with Crippen LogP contribution in [0.2, 0.25) is 5.02 Å². The predicted octanol–water partition coefficient (Wildman–Crippen LogP) is 4.57. The summed E-state index contributed by atoms with van der Waals surface area (Å²) in [6, 6.07) is 5.89. The van der Waals surface area contributed by atoms with Gasteiger partial charge in [0.2, 0.25) is 5.91 Å². The number of carbonyl (C=O) groups is 1. The standard InChI is InChI=1S/C17H9ClF3N3O3S2/c18-10-2-1-7(3-9(10)17(19,20)21)23-13(27)6-28-16-8(5-22)14-15(29-16)11(25)4-12(26)24-14/h1-4H,6H2,(H,23,27)(H2,24,25,26). The molecular formula is C17H9ClF3N3O3S2. The number of hydrogen-bond donors (Lipinski definition) is 3. The summed E-state index contributed by atoms with van der Waals surface area (Å²) < 4.78 is 39.4. The van der Waals surface area contributed by atoms with E-state index in [0.29, 0.717) is 4.21 Å². The van der Waals surface area contributed by atoms with Gasteiger partial charge in [-0.25, -0.2) is 0 Å². The fourth-order valence-electron chi connectivity index (χ4n) is 2.41. The van der Waals surface area contributed by atoms with Crippen LogP contribution in [0.1, 0.15) is 11.1 Å². The highest BCUT2D eigenvalue weighted by Crippen LogP contribution is 2.40. The van der Waals surface area contributed by atoms with Gasteiger partial charge >= 0.3 is 6.18 Å². The number of thiophene rings is 1. The van der Waals surface area contributed by atoms with Crippen molar-refractivity contribution in [3.05, 3.63) is 50.8 Å². The number of aromatic nitrogens is 1. The van der Waals surface area contributed by atoms with Crippen LogP contribution in [-0.4, -0.2) is 21.8 Å². The quantitative estimate of drug-likeness (QED) is 0.495. The number of carbonyl (C=O) groups excluding carboxylic acids is 1. The molecule has 0 bridgehead atoms. The Balaban J connectivity index is 1.78. The maximum atomic E-state index is 12.9. The van der Waals surface area contributed by atoms with Crippen molar-refractivity contribution in [2.45, 2.75) is 10.4 Å². The van der Waals surface area contributed by atoms with E-state index in [-0.39, 0.29) is 33.0 Å². The molecule has 3 rings (SSSR count). The number of fused-ring (bicyclic) bond motifs is 1. The Morgan fingerprint density at radius 2 is 2.10 bits per heavy atom. The first-order valence-electron chi connectivity index (χ1n) is 7.68. The van der Waals surface area contributed by atoms with Gasteiger partial charge in [-0.3, -0.25) is 9.59 Å². The molecule has 6 nitrogen and oxygen atoms in total. The summed E-state index contributed by atoms with van der Waals surface area (Å²) in [5.74, 6) is -1.11. The Bertz CT molecular complexity index is 1210. The van der Waals surface area contributed by atoms with Crippen LogP contribution in [0.25, 0.3) is 10.2 Å². The predicted molar refractivity (Wildman–Crippen MR) is 105 cm³/mol. The first-order chi connectivity index (χ1) is 13.6. The smallest absolute Gasteiger partial charge is 0.417 e. The largest absolute Gasteiger partial charge is 0.506 e. The van der Waals surface area contributed by atoms with Gasteiger partial charge in [-0.2, -0.15) is 18.4 Å². The summed E-state index contributed by atoms with van der Waals surface area (Å²) >= 11 is 7.51. The summed E-state index contributed by atoms with van der Waals surface area (Å²) in [6.07, 6.45) is -4.66. The molecule has 29 heavy (non-hydrogen) atoms. The summed E-state index contributed by atoms with van der Waals surface area (Å²) in [5.41, 5.74) is -1.46. The number of halogens is 4. The Labute approximate surface area is 173 Å². The molecule has 0 unspecified atom stereocenters. The highest BCUT2D eigenvalue weighted by atomic mass is 35.5. The Kier molecular flexibility index (Phi) is 5.79. The van der Waals surface area contributed by atoms with Gasteiger partial charge in [0.25, 0.3) is 5.56 Å². The van der Waals surface area contributed by atoms with E-state index in [1.165, 1.54) is 6.07 Å². The Morgan fingerprint density at radius 1 is 1.38 bits per heavy atom. The van der Waals surface area contributed by atoms with Gasteiger partial charge in [0.15, 0.2) is 0 Å². The van der Waals surface area contributed by atoms with E-state index in [2.05, 4.69) is 10.3 Å². The number of nitriles is 1. The molecule has 150 valence electrons. The molecule has 0 saturated carbocycles. The second-order valence-electron chi connectivity index (χ2n) is 5.63. The average molecular weight is 460 g/mol. The van der Waals surface area contributed by atoms with Crippen LogP contribution in [0.5, 0.6) is 5.75 Å². The second-order valence-corrected chi connectivity index (χ2v) is 8.30. The van der Waals surface area contributed by atoms with Crippen molar-refractivity contribution in [2.24, 2.45) is 0 Å². The number of nitrogens with zero attached hydrogens (tertiary/aromatic N) is 1. The molecule has 12 heteroatoms. The Hall–Kier alpha value is -2.68. The van der Waals surface area contributed by atoms with E-state index in [4.69, 9.17) is 11.6 Å². The number of thioether (sulfide) groups is 1. The van der Waals surface area contributed by atoms with Crippen LogP contribution in [0.3, 0.4) is 0 Å². The number of pyridine rings is 1. The Morgan fingerprint density at radius 3 is 2.76 bits per heavy atom. The van der Waals surface area contributed by atoms with Gasteiger partial charge in [-0.1, -0.05) is 11.6 Å². The third-order valence-corrected chi connectivity index (χ3v) is 6.44. The van der Waals surface area contributed by atoms with E-state index < -0.39 is 28.2 Å².